The zero-order chi connectivity index (χ0) is 21.3. The number of piperidine rings is 1. The molecule has 5 nitrogen and oxygen atoms in total. The molecule has 0 aliphatic carbocycles. The normalized spacial score (nSPS) is 15.4. The zero-order valence-electron chi connectivity index (χ0n) is 15.9. The Morgan fingerprint density at radius 1 is 1.03 bits per heavy atom. The molecule has 156 valence electrons. The third-order valence-corrected chi connectivity index (χ3v) is 5.24. The molecular weight excluding hydrogens is 397 g/mol. The number of ether oxygens (including phenoxy) is 1. The zero-order valence-corrected chi connectivity index (χ0v) is 15.9. The molecule has 0 spiro atoms. The molecule has 8 heteroatoms. The summed E-state index contributed by atoms with van der Waals surface area (Å²) >= 11 is 0. The Morgan fingerprint density at radius 3 is 2.47 bits per heavy atom. The van der Waals surface area contributed by atoms with Gasteiger partial charge in [0.25, 0.3) is 0 Å². The lowest BCUT2D eigenvalue weighted by Gasteiger charge is -2.31. The largest absolute Gasteiger partial charge is 0.573 e. The van der Waals surface area contributed by atoms with Crippen molar-refractivity contribution in [2.24, 2.45) is 5.92 Å². The fourth-order valence-corrected chi connectivity index (χ4v) is 3.70. The van der Waals surface area contributed by atoms with Gasteiger partial charge in [0.1, 0.15) is 11.6 Å². The molecule has 0 radical (unpaired) electrons. The quantitative estimate of drug-likeness (QED) is 0.641. The van der Waals surface area contributed by atoms with Gasteiger partial charge in [-0.05, 0) is 60.4 Å². The van der Waals surface area contributed by atoms with Gasteiger partial charge in [0, 0.05) is 18.5 Å². The van der Waals surface area contributed by atoms with Crippen LogP contribution in [0.4, 0.5) is 19.0 Å². The van der Waals surface area contributed by atoms with E-state index in [1.807, 2.05) is 30.3 Å². The third-order valence-electron chi connectivity index (χ3n) is 5.24. The summed E-state index contributed by atoms with van der Waals surface area (Å²) < 4.78 is 41.4. The standard InChI is InChI=1S/C22H19F3N2O3/c23-22(24,25)30-18-3-1-2-15(13-18)16-4-6-19-17(12-16)5-7-20(26-19)27-10-8-14(9-11-27)21(28)29/h1-7,12-14H,8-11H2,(H,28,29). The summed E-state index contributed by atoms with van der Waals surface area (Å²) in [5.41, 5.74) is 2.13. The summed E-state index contributed by atoms with van der Waals surface area (Å²) in [6.07, 6.45) is -3.56. The van der Waals surface area contributed by atoms with E-state index in [9.17, 15) is 18.0 Å². The van der Waals surface area contributed by atoms with Crippen LogP contribution in [0.15, 0.2) is 54.6 Å². The highest BCUT2D eigenvalue weighted by molar-refractivity contribution is 5.86. The highest BCUT2D eigenvalue weighted by atomic mass is 19.4. The molecule has 0 unspecified atom stereocenters. The maximum atomic E-state index is 12.5. The smallest absolute Gasteiger partial charge is 0.481 e. The first-order valence-corrected chi connectivity index (χ1v) is 9.53. The number of aliphatic carboxylic acids is 1. The number of alkyl halides is 3. The van der Waals surface area contributed by atoms with Crippen LogP contribution in [0.2, 0.25) is 0 Å². The molecule has 1 fully saturated rings. The number of fused-ring (bicyclic) bond motifs is 1. The fraction of sp³-hybridized carbons (Fsp3) is 0.273. The van der Waals surface area contributed by atoms with Crippen molar-refractivity contribution in [2.75, 3.05) is 18.0 Å². The molecule has 0 bridgehead atoms. The highest BCUT2D eigenvalue weighted by Gasteiger charge is 2.31. The third kappa shape index (κ3) is 4.48. The van der Waals surface area contributed by atoms with Crippen molar-refractivity contribution in [2.45, 2.75) is 19.2 Å². The number of pyridine rings is 1. The average Bonchev–Trinajstić information content (AvgIpc) is 2.72. The van der Waals surface area contributed by atoms with E-state index in [0.717, 1.165) is 22.3 Å². The Labute approximate surface area is 170 Å². The first-order valence-electron chi connectivity index (χ1n) is 9.53. The molecule has 2 aromatic carbocycles. The summed E-state index contributed by atoms with van der Waals surface area (Å²) in [6, 6.07) is 15.2. The lowest BCUT2D eigenvalue weighted by molar-refractivity contribution is -0.274. The van der Waals surface area contributed by atoms with E-state index in [1.54, 1.807) is 6.07 Å². The molecule has 0 saturated carbocycles. The second kappa shape index (κ2) is 7.85. The molecule has 1 saturated heterocycles. The minimum absolute atomic E-state index is 0.265. The number of carboxylic acid groups (broad SMARTS) is 1. The van der Waals surface area contributed by atoms with Crippen molar-refractivity contribution < 1.29 is 27.8 Å². The van der Waals surface area contributed by atoms with Crippen molar-refractivity contribution in [1.82, 2.24) is 4.98 Å². The number of carbonyl (C=O) groups is 1. The summed E-state index contributed by atoms with van der Waals surface area (Å²) in [6.45, 7) is 1.28. The van der Waals surface area contributed by atoms with Crippen molar-refractivity contribution in [1.29, 1.82) is 0 Å². The minimum Gasteiger partial charge on any atom is -0.481 e. The number of hydrogen-bond donors (Lipinski definition) is 1. The van der Waals surface area contributed by atoms with Gasteiger partial charge in [0.15, 0.2) is 0 Å². The molecular formula is C22H19F3N2O3. The van der Waals surface area contributed by atoms with Crippen molar-refractivity contribution in [3.63, 3.8) is 0 Å². The maximum absolute atomic E-state index is 12.5. The second-order valence-corrected chi connectivity index (χ2v) is 7.25. The molecule has 30 heavy (non-hydrogen) atoms. The van der Waals surface area contributed by atoms with Crippen LogP contribution in [0.25, 0.3) is 22.0 Å². The van der Waals surface area contributed by atoms with E-state index < -0.39 is 12.3 Å². The highest BCUT2D eigenvalue weighted by Crippen LogP contribution is 2.30. The van der Waals surface area contributed by atoms with E-state index in [2.05, 4.69) is 14.6 Å². The van der Waals surface area contributed by atoms with Crippen LogP contribution < -0.4 is 9.64 Å². The summed E-state index contributed by atoms with van der Waals surface area (Å²) in [4.78, 5) is 17.9. The van der Waals surface area contributed by atoms with Crippen LogP contribution in [0.5, 0.6) is 5.75 Å². The number of halogens is 3. The van der Waals surface area contributed by atoms with Crippen LogP contribution in [0.1, 0.15) is 12.8 Å². The molecule has 1 aliphatic heterocycles. The maximum Gasteiger partial charge on any atom is 0.573 e. The lowest BCUT2D eigenvalue weighted by Crippen LogP contribution is -2.36. The minimum atomic E-state index is -4.73. The van der Waals surface area contributed by atoms with Gasteiger partial charge in [-0.15, -0.1) is 13.2 Å². The van der Waals surface area contributed by atoms with Gasteiger partial charge in [-0.2, -0.15) is 0 Å². The van der Waals surface area contributed by atoms with Crippen LogP contribution >= 0.6 is 0 Å². The van der Waals surface area contributed by atoms with Gasteiger partial charge in [0.05, 0.1) is 11.4 Å². The number of anilines is 1. The van der Waals surface area contributed by atoms with Gasteiger partial charge in [0.2, 0.25) is 0 Å². The number of carboxylic acids is 1. The Morgan fingerprint density at radius 2 is 1.77 bits per heavy atom. The van der Waals surface area contributed by atoms with E-state index in [1.165, 1.54) is 18.2 Å². The number of hydrogen-bond acceptors (Lipinski definition) is 4. The number of aromatic nitrogens is 1. The van der Waals surface area contributed by atoms with Gasteiger partial charge in [-0.3, -0.25) is 4.79 Å². The molecule has 1 N–H and O–H groups in total. The SMILES string of the molecule is O=C(O)C1CCN(c2ccc3cc(-c4cccc(OC(F)(F)F)c4)ccc3n2)CC1. The number of nitrogens with zero attached hydrogens (tertiary/aromatic N) is 2. The summed E-state index contributed by atoms with van der Waals surface area (Å²) in [7, 11) is 0. The van der Waals surface area contributed by atoms with E-state index in [-0.39, 0.29) is 11.7 Å². The predicted octanol–water partition coefficient (Wildman–Crippen LogP) is 5.10. The second-order valence-electron chi connectivity index (χ2n) is 7.25. The molecule has 4 rings (SSSR count). The van der Waals surface area contributed by atoms with Crippen LogP contribution in [0.3, 0.4) is 0 Å². The number of rotatable bonds is 4. The monoisotopic (exact) mass is 416 g/mol. The number of benzene rings is 2. The molecule has 0 atom stereocenters. The van der Waals surface area contributed by atoms with E-state index in [4.69, 9.17) is 5.11 Å². The molecule has 2 heterocycles. The van der Waals surface area contributed by atoms with Crippen LogP contribution in [-0.2, 0) is 4.79 Å². The van der Waals surface area contributed by atoms with Gasteiger partial charge < -0.3 is 14.7 Å². The predicted molar refractivity (Wildman–Crippen MR) is 106 cm³/mol. The Hall–Kier alpha value is -3.29. The van der Waals surface area contributed by atoms with E-state index >= 15 is 0 Å². The van der Waals surface area contributed by atoms with Crippen LogP contribution in [-0.4, -0.2) is 35.5 Å². The molecule has 3 aromatic rings. The molecule has 1 aliphatic rings. The van der Waals surface area contributed by atoms with Crippen LogP contribution in [0, 0.1) is 5.92 Å². The summed E-state index contributed by atoms with van der Waals surface area (Å²) in [5, 5.41) is 9.99. The molecule has 1 aromatic heterocycles. The van der Waals surface area contributed by atoms with Crippen molar-refractivity contribution in [3.05, 3.63) is 54.6 Å². The lowest BCUT2D eigenvalue weighted by atomic mass is 9.97. The summed E-state index contributed by atoms with van der Waals surface area (Å²) in [5.74, 6) is -0.530. The van der Waals surface area contributed by atoms with Crippen molar-refractivity contribution >= 4 is 22.7 Å². The van der Waals surface area contributed by atoms with Crippen molar-refractivity contribution in [3.8, 4) is 16.9 Å². The molecule has 0 amide bonds. The Bertz CT molecular complexity index is 1080. The fourth-order valence-electron chi connectivity index (χ4n) is 3.70. The Balaban J connectivity index is 1.55. The van der Waals surface area contributed by atoms with Gasteiger partial charge in [-0.25, -0.2) is 4.98 Å². The Kier molecular flexibility index (Phi) is 5.24. The van der Waals surface area contributed by atoms with Gasteiger partial charge in [-0.1, -0.05) is 18.2 Å². The average molecular weight is 416 g/mol. The first kappa shape index (κ1) is 20.0. The topological polar surface area (TPSA) is 62.7 Å². The first-order chi connectivity index (χ1) is 14.3. The van der Waals surface area contributed by atoms with Gasteiger partial charge >= 0.3 is 12.3 Å². The van der Waals surface area contributed by atoms with E-state index in [0.29, 0.717) is 31.5 Å².